The first-order valence-corrected chi connectivity index (χ1v) is 4.15. The van der Waals surface area contributed by atoms with Crippen molar-refractivity contribution >= 4 is 9.90 Å². The summed E-state index contributed by atoms with van der Waals surface area (Å²) in [6.45, 7) is 6.08. The fourth-order valence-corrected chi connectivity index (χ4v) is 1.13. The third-order valence-electron chi connectivity index (χ3n) is 2.01. The highest BCUT2D eigenvalue weighted by Crippen LogP contribution is 2.16. The van der Waals surface area contributed by atoms with Crippen LogP contribution >= 0.6 is 9.90 Å². The Morgan fingerprint density at radius 2 is 2.31 bits per heavy atom. The van der Waals surface area contributed by atoms with Crippen molar-refractivity contribution in [2.24, 2.45) is 0 Å². The molecule has 1 rings (SSSR count). The number of nitriles is 1. The van der Waals surface area contributed by atoms with Gasteiger partial charge >= 0.3 is 0 Å². The van der Waals surface area contributed by atoms with Crippen molar-refractivity contribution in [3.8, 4) is 6.19 Å². The Morgan fingerprint density at radius 3 is 2.77 bits per heavy atom. The molecule has 0 saturated carbocycles. The molecule has 3 nitrogen and oxygen atoms in total. The van der Waals surface area contributed by atoms with Gasteiger partial charge in [0, 0.05) is 12.1 Å². The minimum Gasteiger partial charge on any atom is -0.240 e. The van der Waals surface area contributed by atoms with Gasteiger partial charge < -0.3 is 0 Å². The van der Waals surface area contributed by atoms with E-state index < -0.39 is 0 Å². The van der Waals surface area contributed by atoms with Crippen LogP contribution in [0.1, 0.15) is 37.7 Å². The van der Waals surface area contributed by atoms with E-state index in [1.807, 2.05) is 6.92 Å². The number of nitrogens with zero attached hydrogens (tertiary/aromatic N) is 3. The summed E-state index contributed by atoms with van der Waals surface area (Å²) < 4.78 is 1.55. The van der Waals surface area contributed by atoms with Crippen LogP contribution in [0.25, 0.3) is 0 Å². The number of aromatic nitrogens is 2. The second-order valence-corrected chi connectivity index (χ2v) is 3.02. The molecule has 1 heterocycles. The van der Waals surface area contributed by atoms with E-state index in [0.29, 0.717) is 5.92 Å². The van der Waals surface area contributed by atoms with E-state index in [4.69, 9.17) is 5.26 Å². The number of aryl methyl sites for hydroxylation is 1. The molecule has 13 heavy (non-hydrogen) atoms. The predicted octanol–water partition coefficient (Wildman–Crippen LogP) is 2.09. The monoisotopic (exact) mass is 197 g/mol. The van der Waals surface area contributed by atoms with E-state index in [-0.39, 0.29) is 9.90 Å². The van der Waals surface area contributed by atoms with Gasteiger partial charge in [-0.05, 0) is 13.3 Å². The molecule has 4 heteroatoms. The fraction of sp³-hybridized carbons (Fsp3) is 0.556. The lowest BCUT2D eigenvalue weighted by Gasteiger charge is -2.05. The van der Waals surface area contributed by atoms with E-state index in [1.54, 1.807) is 10.8 Å². The first-order chi connectivity index (χ1) is 5.69. The van der Waals surface area contributed by atoms with E-state index in [2.05, 4.69) is 25.0 Å². The fourth-order valence-electron chi connectivity index (χ4n) is 1.13. The van der Waals surface area contributed by atoms with E-state index >= 15 is 0 Å². The maximum Gasteiger partial charge on any atom is 0.189 e. The van der Waals surface area contributed by atoms with Gasteiger partial charge in [0.25, 0.3) is 0 Å². The summed E-state index contributed by atoms with van der Waals surface area (Å²) in [6.07, 6.45) is 4.86. The summed E-state index contributed by atoms with van der Waals surface area (Å²) >= 11 is 0. The van der Waals surface area contributed by atoms with Crippen LogP contribution in [0.4, 0.5) is 0 Å². The van der Waals surface area contributed by atoms with Crippen LogP contribution in [-0.4, -0.2) is 9.55 Å². The molecule has 2 unspecified atom stereocenters. The van der Waals surface area contributed by atoms with Crippen molar-refractivity contribution in [3.63, 3.8) is 0 Å². The molecule has 0 aliphatic heterocycles. The Hall–Kier alpha value is -0.870. The topological polar surface area (TPSA) is 41.6 Å². The van der Waals surface area contributed by atoms with Gasteiger partial charge in [0.05, 0.1) is 5.69 Å². The molecular weight excluding hydrogens is 181 g/mol. The standard InChI is InChI=1S/C9H13N3.H3P/c1-4-7(2)9-11-8(3)5-12(9)6-10;/h5,7H,4H2,1-3H3;1H3. The van der Waals surface area contributed by atoms with Crippen molar-refractivity contribution in [2.45, 2.75) is 33.1 Å². The minimum atomic E-state index is 0. The van der Waals surface area contributed by atoms with Crippen LogP contribution in [0, 0.1) is 18.4 Å². The van der Waals surface area contributed by atoms with Gasteiger partial charge in [-0.3, -0.25) is 0 Å². The molecule has 0 aromatic carbocycles. The Kier molecular flexibility index (Phi) is 4.66. The van der Waals surface area contributed by atoms with Gasteiger partial charge in [-0.1, -0.05) is 13.8 Å². The molecule has 0 N–H and O–H groups in total. The minimum absolute atomic E-state index is 0. The first kappa shape index (κ1) is 12.1. The number of hydrogen-bond donors (Lipinski definition) is 0. The Bertz CT molecular complexity index is 311. The summed E-state index contributed by atoms with van der Waals surface area (Å²) in [7, 11) is 0. The number of rotatable bonds is 2. The van der Waals surface area contributed by atoms with Gasteiger partial charge in [0.15, 0.2) is 6.19 Å². The third kappa shape index (κ3) is 2.54. The van der Waals surface area contributed by atoms with Crippen molar-refractivity contribution in [1.82, 2.24) is 9.55 Å². The second-order valence-electron chi connectivity index (χ2n) is 3.02. The predicted molar refractivity (Wildman–Crippen MR) is 57.8 cm³/mol. The van der Waals surface area contributed by atoms with Gasteiger partial charge in [-0.2, -0.15) is 15.2 Å². The number of hydrogen-bond acceptors (Lipinski definition) is 2. The van der Waals surface area contributed by atoms with Crippen molar-refractivity contribution in [3.05, 3.63) is 17.7 Å². The van der Waals surface area contributed by atoms with Crippen LogP contribution in [0.15, 0.2) is 6.20 Å². The summed E-state index contributed by atoms with van der Waals surface area (Å²) in [6, 6.07) is 0. The van der Waals surface area contributed by atoms with Gasteiger partial charge in [0.2, 0.25) is 0 Å². The molecule has 72 valence electrons. The SMILES string of the molecule is CCC(C)c1nc(C)cn1C#N.P. The Balaban J connectivity index is 0.00000144. The molecule has 0 radical (unpaired) electrons. The average molecular weight is 197 g/mol. The lowest BCUT2D eigenvalue weighted by Crippen LogP contribution is -2.01. The second kappa shape index (κ2) is 4.99. The lowest BCUT2D eigenvalue weighted by atomic mass is 10.1. The van der Waals surface area contributed by atoms with Gasteiger partial charge in [0.1, 0.15) is 5.82 Å². The molecule has 0 amide bonds. The molecule has 0 bridgehead atoms. The molecular formula is C9H16N3P. The largest absolute Gasteiger partial charge is 0.240 e. The van der Waals surface area contributed by atoms with Crippen LogP contribution < -0.4 is 0 Å². The smallest absolute Gasteiger partial charge is 0.189 e. The van der Waals surface area contributed by atoms with Gasteiger partial charge in [-0.25, -0.2) is 9.55 Å². The molecule has 0 fully saturated rings. The summed E-state index contributed by atoms with van der Waals surface area (Å²) in [5, 5.41) is 8.75. The highest BCUT2D eigenvalue weighted by molar-refractivity contribution is 6.92. The first-order valence-electron chi connectivity index (χ1n) is 4.15. The molecule has 2 atom stereocenters. The van der Waals surface area contributed by atoms with Crippen molar-refractivity contribution in [2.75, 3.05) is 0 Å². The lowest BCUT2D eigenvalue weighted by molar-refractivity contribution is 0.667. The van der Waals surface area contributed by atoms with E-state index in [9.17, 15) is 0 Å². The van der Waals surface area contributed by atoms with Gasteiger partial charge in [-0.15, -0.1) is 0 Å². The normalized spacial score (nSPS) is 11.5. The zero-order chi connectivity index (χ0) is 9.14. The molecule has 0 saturated heterocycles. The zero-order valence-corrected chi connectivity index (χ0v) is 9.82. The summed E-state index contributed by atoms with van der Waals surface area (Å²) in [4.78, 5) is 4.29. The van der Waals surface area contributed by atoms with Crippen LogP contribution in [0.5, 0.6) is 0 Å². The van der Waals surface area contributed by atoms with Crippen molar-refractivity contribution in [1.29, 1.82) is 5.26 Å². The molecule has 0 aliphatic rings. The summed E-state index contributed by atoms with van der Waals surface area (Å²) in [5.74, 6) is 1.23. The maximum atomic E-state index is 8.75. The van der Waals surface area contributed by atoms with Crippen LogP contribution in [0.2, 0.25) is 0 Å². The quantitative estimate of drug-likeness (QED) is 0.681. The molecule has 1 aromatic heterocycles. The highest BCUT2D eigenvalue weighted by Gasteiger charge is 2.10. The summed E-state index contributed by atoms with van der Waals surface area (Å²) in [5.41, 5.74) is 0.909. The van der Waals surface area contributed by atoms with E-state index in [0.717, 1.165) is 17.9 Å². The molecule has 1 aromatic rings. The highest BCUT2D eigenvalue weighted by atomic mass is 31.0. The number of imidazole rings is 1. The van der Waals surface area contributed by atoms with Crippen molar-refractivity contribution < 1.29 is 0 Å². The molecule has 0 aliphatic carbocycles. The Morgan fingerprint density at radius 1 is 1.69 bits per heavy atom. The third-order valence-corrected chi connectivity index (χ3v) is 2.01. The van der Waals surface area contributed by atoms with Crippen LogP contribution in [-0.2, 0) is 0 Å². The zero-order valence-electron chi connectivity index (χ0n) is 8.41. The van der Waals surface area contributed by atoms with Crippen LogP contribution in [0.3, 0.4) is 0 Å². The maximum absolute atomic E-state index is 8.75. The van der Waals surface area contributed by atoms with E-state index in [1.165, 1.54) is 0 Å². The average Bonchev–Trinajstić information content (AvgIpc) is 2.45. The molecule has 0 spiro atoms. The Labute approximate surface area is 82.4 Å².